The van der Waals surface area contributed by atoms with Crippen LogP contribution in [0.3, 0.4) is 0 Å². The molecule has 20 heavy (non-hydrogen) atoms. The van der Waals surface area contributed by atoms with Crippen LogP contribution in [0.15, 0.2) is 24.3 Å². The van der Waals surface area contributed by atoms with Crippen LogP contribution in [0.4, 0.5) is 10.1 Å². The van der Waals surface area contributed by atoms with Gasteiger partial charge in [-0.2, -0.15) is 0 Å². The third-order valence-electron chi connectivity index (χ3n) is 3.89. The van der Waals surface area contributed by atoms with E-state index in [0.717, 1.165) is 31.9 Å². The minimum atomic E-state index is -0.321. The first-order valence-electron chi connectivity index (χ1n) is 6.72. The summed E-state index contributed by atoms with van der Waals surface area (Å²) in [6.45, 7) is 2.98. The zero-order valence-corrected chi connectivity index (χ0v) is 11.0. The van der Waals surface area contributed by atoms with Crippen molar-refractivity contribution in [1.82, 2.24) is 10.2 Å². The van der Waals surface area contributed by atoms with Gasteiger partial charge in [0.1, 0.15) is 5.82 Å². The zero-order valence-electron chi connectivity index (χ0n) is 11.0. The molecular formula is C14H16FN3O2. The molecule has 2 aliphatic rings. The van der Waals surface area contributed by atoms with Crippen molar-refractivity contribution in [2.75, 3.05) is 31.1 Å². The summed E-state index contributed by atoms with van der Waals surface area (Å²) in [6, 6.07) is 6.10. The molecule has 2 fully saturated rings. The molecule has 0 spiro atoms. The number of piperazine rings is 1. The van der Waals surface area contributed by atoms with Crippen LogP contribution in [-0.2, 0) is 9.59 Å². The maximum atomic E-state index is 12.9. The lowest BCUT2D eigenvalue weighted by molar-refractivity contribution is -0.126. The molecule has 106 valence electrons. The summed E-state index contributed by atoms with van der Waals surface area (Å²) in [6.07, 6.45) is 0.259. The van der Waals surface area contributed by atoms with E-state index in [4.69, 9.17) is 0 Å². The van der Waals surface area contributed by atoms with Gasteiger partial charge in [0, 0.05) is 31.9 Å². The van der Waals surface area contributed by atoms with Crippen molar-refractivity contribution in [2.45, 2.75) is 12.5 Å². The van der Waals surface area contributed by atoms with Crippen molar-refractivity contribution in [3.8, 4) is 0 Å². The molecule has 5 nitrogen and oxygen atoms in total. The van der Waals surface area contributed by atoms with Gasteiger partial charge in [0.2, 0.25) is 11.8 Å². The average molecular weight is 277 g/mol. The lowest BCUT2D eigenvalue weighted by Gasteiger charge is -2.37. The quantitative estimate of drug-likeness (QED) is 0.793. The van der Waals surface area contributed by atoms with Crippen LogP contribution in [0, 0.1) is 5.82 Å². The molecule has 2 aliphatic heterocycles. The van der Waals surface area contributed by atoms with E-state index in [2.05, 4.69) is 10.2 Å². The van der Waals surface area contributed by atoms with E-state index >= 15 is 0 Å². The first kappa shape index (κ1) is 13.1. The Morgan fingerprint density at radius 2 is 1.70 bits per heavy atom. The molecule has 0 aromatic heterocycles. The van der Waals surface area contributed by atoms with Gasteiger partial charge in [-0.3, -0.25) is 19.8 Å². The van der Waals surface area contributed by atoms with Gasteiger partial charge >= 0.3 is 0 Å². The maximum Gasteiger partial charge on any atom is 0.244 e. The summed E-state index contributed by atoms with van der Waals surface area (Å²) in [5.74, 6) is -0.625. The minimum Gasteiger partial charge on any atom is -0.369 e. The number of carbonyl (C=O) groups is 2. The largest absolute Gasteiger partial charge is 0.369 e. The van der Waals surface area contributed by atoms with Gasteiger partial charge in [-0.1, -0.05) is 0 Å². The standard InChI is InChI=1S/C14H16FN3O2/c15-10-1-3-11(4-2-10)17-5-7-18(8-6-17)12-9-13(19)16-14(12)20/h1-4,12H,5-9H2,(H,16,19,20)/t12-/m0/s1. The zero-order chi connectivity index (χ0) is 14.1. The molecule has 2 amide bonds. The average Bonchev–Trinajstić information content (AvgIpc) is 2.79. The number of anilines is 1. The fourth-order valence-electron chi connectivity index (χ4n) is 2.78. The first-order chi connectivity index (χ1) is 9.63. The van der Waals surface area contributed by atoms with Gasteiger partial charge in [0.25, 0.3) is 0 Å². The SMILES string of the molecule is O=C1C[C@H](N2CCN(c3ccc(F)cc3)CC2)C(=O)N1. The summed E-state index contributed by atoms with van der Waals surface area (Å²) < 4.78 is 12.9. The molecule has 1 N–H and O–H groups in total. The number of hydrogen-bond donors (Lipinski definition) is 1. The number of rotatable bonds is 2. The van der Waals surface area contributed by atoms with Gasteiger partial charge in [-0.25, -0.2) is 4.39 Å². The van der Waals surface area contributed by atoms with E-state index in [1.54, 1.807) is 12.1 Å². The fraction of sp³-hybridized carbons (Fsp3) is 0.429. The van der Waals surface area contributed by atoms with Gasteiger partial charge < -0.3 is 4.90 Å². The molecule has 1 atom stereocenters. The lowest BCUT2D eigenvalue weighted by Crippen LogP contribution is -2.52. The Morgan fingerprint density at radius 1 is 1.05 bits per heavy atom. The molecule has 0 aliphatic carbocycles. The number of nitrogens with one attached hydrogen (secondary N) is 1. The number of hydrogen-bond acceptors (Lipinski definition) is 4. The molecular weight excluding hydrogens is 261 g/mol. The van der Waals surface area contributed by atoms with Crippen LogP contribution < -0.4 is 10.2 Å². The Labute approximate surface area is 116 Å². The third kappa shape index (κ3) is 2.51. The van der Waals surface area contributed by atoms with Gasteiger partial charge in [0.05, 0.1) is 12.5 Å². The van der Waals surface area contributed by atoms with E-state index in [9.17, 15) is 14.0 Å². The molecule has 0 saturated carbocycles. The normalized spacial score (nSPS) is 24.1. The fourth-order valence-corrected chi connectivity index (χ4v) is 2.78. The smallest absolute Gasteiger partial charge is 0.244 e. The van der Waals surface area contributed by atoms with E-state index in [0.29, 0.717) is 0 Å². The van der Waals surface area contributed by atoms with E-state index in [-0.39, 0.29) is 30.1 Å². The van der Waals surface area contributed by atoms with Gasteiger partial charge in [-0.15, -0.1) is 0 Å². The Bertz CT molecular complexity index is 524. The highest BCUT2D eigenvalue weighted by molar-refractivity contribution is 6.05. The number of imide groups is 1. The van der Waals surface area contributed by atoms with Crippen molar-refractivity contribution in [3.05, 3.63) is 30.1 Å². The summed E-state index contributed by atoms with van der Waals surface area (Å²) in [5.41, 5.74) is 0.984. The summed E-state index contributed by atoms with van der Waals surface area (Å²) in [4.78, 5) is 27.1. The number of carbonyl (C=O) groups excluding carboxylic acids is 2. The van der Waals surface area contributed by atoms with Crippen molar-refractivity contribution < 1.29 is 14.0 Å². The summed E-state index contributed by atoms with van der Waals surface area (Å²) in [5, 5.41) is 2.34. The molecule has 1 aromatic rings. The van der Waals surface area contributed by atoms with Crippen molar-refractivity contribution in [2.24, 2.45) is 0 Å². The Hall–Kier alpha value is -1.95. The van der Waals surface area contributed by atoms with Crippen molar-refractivity contribution in [1.29, 1.82) is 0 Å². The topological polar surface area (TPSA) is 52.7 Å². The molecule has 2 saturated heterocycles. The van der Waals surface area contributed by atoms with Crippen LogP contribution in [0.5, 0.6) is 0 Å². The molecule has 1 aromatic carbocycles. The molecule has 0 radical (unpaired) electrons. The molecule has 6 heteroatoms. The second-order valence-corrected chi connectivity index (χ2v) is 5.13. The lowest BCUT2D eigenvalue weighted by atomic mass is 10.1. The second-order valence-electron chi connectivity index (χ2n) is 5.13. The number of halogens is 1. The van der Waals surface area contributed by atoms with Crippen LogP contribution >= 0.6 is 0 Å². The van der Waals surface area contributed by atoms with Gasteiger partial charge in [-0.05, 0) is 24.3 Å². The summed E-state index contributed by atoms with van der Waals surface area (Å²) in [7, 11) is 0. The Morgan fingerprint density at radius 3 is 2.25 bits per heavy atom. The van der Waals surface area contributed by atoms with Crippen LogP contribution in [0.2, 0.25) is 0 Å². The van der Waals surface area contributed by atoms with Crippen molar-refractivity contribution >= 4 is 17.5 Å². The summed E-state index contributed by atoms with van der Waals surface area (Å²) >= 11 is 0. The second kappa shape index (κ2) is 5.20. The highest BCUT2D eigenvalue weighted by Gasteiger charge is 2.36. The van der Waals surface area contributed by atoms with Gasteiger partial charge in [0.15, 0.2) is 0 Å². The van der Waals surface area contributed by atoms with E-state index in [1.165, 1.54) is 12.1 Å². The number of amides is 2. The maximum absolute atomic E-state index is 12.9. The van der Waals surface area contributed by atoms with E-state index in [1.807, 2.05) is 4.90 Å². The van der Waals surface area contributed by atoms with Crippen LogP contribution in [-0.4, -0.2) is 48.9 Å². The molecule has 0 bridgehead atoms. The van der Waals surface area contributed by atoms with Crippen LogP contribution in [0.1, 0.15) is 6.42 Å². The molecule has 2 heterocycles. The first-order valence-corrected chi connectivity index (χ1v) is 6.72. The van der Waals surface area contributed by atoms with Crippen molar-refractivity contribution in [3.63, 3.8) is 0 Å². The minimum absolute atomic E-state index is 0.190. The highest BCUT2D eigenvalue weighted by atomic mass is 19.1. The molecule has 0 unspecified atom stereocenters. The monoisotopic (exact) mass is 277 g/mol. The van der Waals surface area contributed by atoms with E-state index < -0.39 is 0 Å². The predicted molar refractivity (Wildman–Crippen MR) is 71.7 cm³/mol. The molecule has 3 rings (SSSR count). The number of nitrogens with zero attached hydrogens (tertiary/aromatic N) is 2. The predicted octanol–water partition coefficient (Wildman–Crippen LogP) is 0.363. The van der Waals surface area contributed by atoms with Crippen LogP contribution in [0.25, 0.3) is 0 Å². The third-order valence-corrected chi connectivity index (χ3v) is 3.89. The Kier molecular flexibility index (Phi) is 3.40. The number of benzene rings is 1. The highest BCUT2D eigenvalue weighted by Crippen LogP contribution is 2.19. The Balaban J connectivity index is 1.61.